The zero-order chi connectivity index (χ0) is 14.5. The Labute approximate surface area is 126 Å². The van der Waals surface area contributed by atoms with Crippen LogP contribution in [0, 0.1) is 10.1 Å². The lowest BCUT2D eigenvalue weighted by Crippen LogP contribution is -1.96. The summed E-state index contributed by atoms with van der Waals surface area (Å²) in [4.78, 5) is 11.6. The Morgan fingerprint density at radius 2 is 1.90 bits per heavy atom. The lowest BCUT2D eigenvalue weighted by molar-refractivity contribution is -0.385. The van der Waals surface area contributed by atoms with E-state index in [1.54, 1.807) is 12.1 Å². The van der Waals surface area contributed by atoms with Crippen LogP contribution >= 0.6 is 23.4 Å². The first-order chi connectivity index (χ1) is 9.61. The van der Waals surface area contributed by atoms with Crippen LogP contribution in [0.25, 0.3) is 0 Å². The largest absolute Gasteiger partial charge is 0.326 e. The van der Waals surface area contributed by atoms with Crippen molar-refractivity contribution in [2.45, 2.75) is 17.2 Å². The molecule has 20 heavy (non-hydrogen) atoms. The molecule has 2 rings (SSSR count). The molecule has 0 aliphatic heterocycles. The molecule has 0 unspecified atom stereocenters. The normalized spacial score (nSPS) is 10.5. The zero-order valence-electron chi connectivity index (χ0n) is 10.6. The molecule has 0 heterocycles. The quantitative estimate of drug-likeness (QED) is 0.515. The first-order valence-electron chi connectivity index (χ1n) is 5.95. The molecule has 2 aromatic rings. The molecule has 0 saturated heterocycles. The molecular formula is C14H13ClN2O2S. The smallest absolute Gasteiger partial charge is 0.274 e. The molecule has 0 radical (unpaired) electrons. The van der Waals surface area contributed by atoms with Gasteiger partial charge in [-0.1, -0.05) is 29.8 Å². The fraction of sp³-hybridized carbons (Fsp3) is 0.143. The van der Waals surface area contributed by atoms with E-state index in [4.69, 9.17) is 17.3 Å². The van der Waals surface area contributed by atoms with Crippen molar-refractivity contribution in [2.24, 2.45) is 5.73 Å². The molecule has 0 atom stereocenters. The average molecular weight is 309 g/mol. The summed E-state index contributed by atoms with van der Waals surface area (Å²) in [7, 11) is 0. The summed E-state index contributed by atoms with van der Waals surface area (Å²) in [5.74, 6) is 0.456. The van der Waals surface area contributed by atoms with Crippen LogP contribution in [0.2, 0.25) is 5.02 Å². The minimum absolute atomic E-state index is 0.0589. The van der Waals surface area contributed by atoms with E-state index >= 15 is 0 Å². The van der Waals surface area contributed by atoms with E-state index in [9.17, 15) is 10.1 Å². The van der Waals surface area contributed by atoms with Gasteiger partial charge in [0.1, 0.15) is 0 Å². The van der Waals surface area contributed by atoms with Crippen molar-refractivity contribution in [3.05, 3.63) is 68.7 Å². The lowest BCUT2D eigenvalue weighted by Gasteiger charge is -2.06. The Hall–Kier alpha value is -1.56. The molecule has 6 heteroatoms. The monoisotopic (exact) mass is 308 g/mol. The minimum Gasteiger partial charge on any atom is -0.326 e. The van der Waals surface area contributed by atoms with Crippen molar-refractivity contribution in [1.29, 1.82) is 0 Å². The summed E-state index contributed by atoms with van der Waals surface area (Å²) < 4.78 is 0. The summed E-state index contributed by atoms with van der Waals surface area (Å²) >= 11 is 7.56. The van der Waals surface area contributed by atoms with Gasteiger partial charge in [-0.25, -0.2) is 0 Å². The minimum atomic E-state index is -0.403. The third-order valence-electron chi connectivity index (χ3n) is 2.83. The van der Waals surface area contributed by atoms with Gasteiger partial charge in [-0.2, -0.15) is 0 Å². The van der Waals surface area contributed by atoms with Crippen LogP contribution in [-0.4, -0.2) is 4.92 Å². The standard InChI is InChI=1S/C14H13ClN2O2S/c15-13-2-1-3-14(17(18)19)12(13)9-20-11-6-4-10(8-16)5-7-11/h1-7H,8-9,16H2. The van der Waals surface area contributed by atoms with Gasteiger partial charge in [0.15, 0.2) is 0 Å². The highest BCUT2D eigenvalue weighted by Crippen LogP contribution is 2.32. The van der Waals surface area contributed by atoms with Gasteiger partial charge in [0, 0.05) is 23.3 Å². The Balaban J connectivity index is 2.16. The maximum atomic E-state index is 11.0. The summed E-state index contributed by atoms with van der Waals surface area (Å²) in [6.07, 6.45) is 0. The Morgan fingerprint density at radius 3 is 2.50 bits per heavy atom. The predicted octanol–water partition coefficient (Wildman–Crippen LogP) is 4.00. The second kappa shape index (κ2) is 6.74. The van der Waals surface area contributed by atoms with Gasteiger partial charge >= 0.3 is 0 Å². The van der Waals surface area contributed by atoms with Gasteiger partial charge in [-0.15, -0.1) is 11.8 Å². The highest BCUT2D eigenvalue weighted by Gasteiger charge is 2.16. The van der Waals surface area contributed by atoms with Crippen LogP contribution in [0.1, 0.15) is 11.1 Å². The number of hydrogen-bond donors (Lipinski definition) is 1. The first kappa shape index (κ1) is 14.8. The Kier molecular flexibility index (Phi) is 5.00. The summed E-state index contributed by atoms with van der Waals surface area (Å²) in [5.41, 5.74) is 7.20. The number of rotatable bonds is 5. The Morgan fingerprint density at radius 1 is 1.20 bits per heavy atom. The highest BCUT2D eigenvalue weighted by atomic mass is 35.5. The van der Waals surface area contributed by atoms with E-state index in [2.05, 4.69) is 0 Å². The predicted molar refractivity (Wildman–Crippen MR) is 82.0 cm³/mol. The molecule has 0 aromatic heterocycles. The van der Waals surface area contributed by atoms with Gasteiger partial charge in [-0.05, 0) is 23.8 Å². The fourth-order valence-corrected chi connectivity index (χ4v) is 3.00. The van der Waals surface area contributed by atoms with Crippen LogP contribution in [0.5, 0.6) is 0 Å². The molecule has 0 aliphatic carbocycles. The van der Waals surface area contributed by atoms with Crippen molar-refractivity contribution in [3.63, 3.8) is 0 Å². The maximum absolute atomic E-state index is 11.0. The van der Waals surface area contributed by atoms with Gasteiger partial charge in [-0.3, -0.25) is 10.1 Å². The zero-order valence-corrected chi connectivity index (χ0v) is 12.2. The van der Waals surface area contributed by atoms with Crippen molar-refractivity contribution in [2.75, 3.05) is 0 Å². The lowest BCUT2D eigenvalue weighted by atomic mass is 10.2. The summed E-state index contributed by atoms with van der Waals surface area (Å²) in [6.45, 7) is 0.501. The van der Waals surface area contributed by atoms with E-state index in [1.807, 2.05) is 24.3 Å². The van der Waals surface area contributed by atoms with Crippen molar-refractivity contribution in [1.82, 2.24) is 0 Å². The number of thioether (sulfide) groups is 1. The number of halogens is 1. The van der Waals surface area contributed by atoms with Crippen LogP contribution in [0.15, 0.2) is 47.4 Å². The number of nitrogens with zero attached hydrogens (tertiary/aromatic N) is 1. The maximum Gasteiger partial charge on any atom is 0.274 e. The molecule has 4 nitrogen and oxygen atoms in total. The Bertz CT molecular complexity index is 617. The summed E-state index contributed by atoms with van der Waals surface area (Å²) in [6, 6.07) is 12.5. The van der Waals surface area contributed by atoms with Gasteiger partial charge in [0.05, 0.1) is 15.5 Å². The molecular weight excluding hydrogens is 296 g/mol. The van der Waals surface area contributed by atoms with Crippen LogP contribution in [0.3, 0.4) is 0 Å². The average Bonchev–Trinajstić information content (AvgIpc) is 2.46. The second-order valence-electron chi connectivity index (χ2n) is 4.13. The van der Waals surface area contributed by atoms with E-state index in [-0.39, 0.29) is 5.69 Å². The number of nitrogens with two attached hydrogens (primary N) is 1. The number of hydrogen-bond acceptors (Lipinski definition) is 4. The van der Waals surface area contributed by atoms with E-state index in [1.165, 1.54) is 17.8 Å². The van der Waals surface area contributed by atoms with E-state index < -0.39 is 4.92 Å². The molecule has 0 saturated carbocycles. The highest BCUT2D eigenvalue weighted by molar-refractivity contribution is 7.98. The molecule has 2 aromatic carbocycles. The number of nitro benzene ring substituents is 1. The van der Waals surface area contributed by atoms with Crippen LogP contribution in [0.4, 0.5) is 5.69 Å². The SMILES string of the molecule is NCc1ccc(SCc2c(Cl)cccc2[N+](=O)[O-])cc1. The molecule has 104 valence electrons. The number of nitro groups is 1. The third kappa shape index (κ3) is 3.50. The van der Waals surface area contributed by atoms with Crippen molar-refractivity contribution in [3.8, 4) is 0 Å². The van der Waals surface area contributed by atoms with Gasteiger partial charge < -0.3 is 5.73 Å². The molecule has 0 spiro atoms. The molecule has 0 amide bonds. The van der Waals surface area contributed by atoms with Gasteiger partial charge in [0.25, 0.3) is 5.69 Å². The van der Waals surface area contributed by atoms with Crippen LogP contribution in [-0.2, 0) is 12.3 Å². The molecule has 0 fully saturated rings. The van der Waals surface area contributed by atoms with Gasteiger partial charge in [0.2, 0.25) is 0 Å². The number of benzene rings is 2. The molecule has 2 N–H and O–H groups in total. The third-order valence-corrected chi connectivity index (χ3v) is 4.23. The molecule has 0 bridgehead atoms. The van der Waals surface area contributed by atoms with E-state index in [0.717, 1.165) is 10.5 Å². The fourth-order valence-electron chi connectivity index (χ4n) is 1.74. The summed E-state index contributed by atoms with van der Waals surface area (Å²) in [5, 5.41) is 11.4. The van der Waals surface area contributed by atoms with Crippen molar-refractivity contribution < 1.29 is 4.92 Å². The van der Waals surface area contributed by atoms with Crippen LogP contribution < -0.4 is 5.73 Å². The topological polar surface area (TPSA) is 69.2 Å². The first-order valence-corrected chi connectivity index (χ1v) is 7.31. The molecule has 0 aliphatic rings. The second-order valence-corrected chi connectivity index (χ2v) is 5.59. The van der Waals surface area contributed by atoms with Crippen molar-refractivity contribution >= 4 is 29.1 Å². The van der Waals surface area contributed by atoms with E-state index in [0.29, 0.717) is 22.9 Å².